The molecule has 1 aliphatic carbocycles. The second kappa shape index (κ2) is 3.93. The van der Waals surface area contributed by atoms with E-state index in [-0.39, 0.29) is 10.8 Å². The average molecular weight is 212 g/mol. The van der Waals surface area contributed by atoms with Crippen LogP contribution >= 0.6 is 0 Å². The molecule has 0 radical (unpaired) electrons. The molecule has 0 aromatic heterocycles. The van der Waals surface area contributed by atoms with Gasteiger partial charge in [-0.05, 0) is 22.8 Å². The highest BCUT2D eigenvalue weighted by Gasteiger charge is 2.39. The van der Waals surface area contributed by atoms with Gasteiger partial charge in [-0.15, -0.1) is 0 Å². The minimum Gasteiger partial charge on any atom is -0.0837 e. The summed E-state index contributed by atoms with van der Waals surface area (Å²) in [5.41, 5.74) is 1.79. The molecule has 0 heterocycles. The summed E-state index contributed by atoms with van der Waals surface area (Å²) < 4.78 is 0. The Morgan fingerprint density at radius 2 is 1.75 bits per heavy atom. The van der Waals surface area contributed by atoms with Gasteiger partial charge < -0.3 is 0 Å². The predicted molar refractivity (Wildman–Crippen MR) is 70.5 cm³/mol. The molecule has 1 aromatic rings. The summed E-state index contributed by atoms with van der Waals surface area (Å²) in [6.45, 7) is 7.03. The molecular formula is C16H20. The summed E-state index contributed by atoms with van der Waals surface area (Å²) in [5.74, 6) is 0. The van der Waals surface area contributed by atoms with Gasteiger partial charge in [0.1, 0.15) is 0 Å². The van der Waals surface area contributed by atoms with Gasteiger partial charge in [-0.25, -0.2) is 0 Å². The number of rotatable bonds is 2. The highest BCUT2D eigenvalue weighted by atomic mass is 14.4. The molecule has 0 amide bonds. The maximum absolute atomic E-state index is 2.35. The van der Waals surface area contributed by atoms with E-state index in [9.17, 15) is 0 Å². The van der Waals surface area contributed by atoms with E-state index in [4.69, 9.17) is 0 Å². The van der Waals surface area contributed by atoms with E-state index < -0.39 is 0 Å². The first-order valence-electron chi connectivity index (χ1n) is 5.96. The maximum atomic E-state index is 2.35. The van der Waals surface area contributed by atoms with Gasteiger partial charge in [0.15, 0.2) is 0 Å². The van der Waals surface area contributed by atoms with Gasteiger partial charge in [0.25, 0.3) is 0 Å². The van der Waals surface area contributed by atoms with Crippen molar-refractivity contribution < 1.29 is 0 Å². The van der Waals surface area contributed by atoms with Crippen molar-refractivity contribution in [3.63, 3.8) is 0 Å². The lowest BCUT2D eigenvalue weighted by molar-refractivity contribution is 0.240. The molecule has 1 aromatic carbocycles. The van der Waals surface area contributed by atoms with E-state index in [1.807, 2.05) is 0 Å². The van der Waals surface area contributed by atoms with Crippen molar-refractivity contribution in [2.45, 2.75) is 32.6 Å². The SMILES string of the molecule is CC1(C(C)(C)c2ccccc2)C=CC=CC1. The van der Waals surface area contributed by atoms with Crippen molar-refractivity contribution in [1.29, 1.82) is 0 Å². The van der Waals surface area contributed by atoms with E-state index in [0.29, 0.717) is 0 Å². The average Bonchev–Trinajstić information content (AvgIpc) is 2.31. The summed E-state index contributed by atoms with van der Waals surface area (Å²) in [4.78, 5) is 0. The minimum atomic E-state index is 0.162. The summed E-state index contributed by atoms with van der Waals surface area (Å²) in [5, 5.41) is 0. The van der Waals surface area contributed by atoms with Crippen LogP contribution in [-0.4, -0.2) is 0 Å². The van der Waals surface area contributed by atoms with Gasteiger partial charge in [0, 0.05) is 0 Å². The Hall–Kier alpha value is -1.30. The van der Waals surface area contributed by atoms with Crippen LogP contribution in [0.25, 0.3) is 0 Å². The largest absolute Gasteiger partial charge is 0.0837 e. The van der Waals surface area contributed by atoms with Crippen LogP contribution in [0.15, 0.2) is 54.6 Å². The third-order valence-electron chi connectivity index (χ3n) is 4.18. The molecule has 1 atom stereocenters. The van der Waals surface area contributed by atoms with Crippen molar-refractivity contribution >= 4 is 0 Å². The normalized spacial score (nSPS) is 24.7. The van der Waals surface area contributed by atoms with Crippen LogP contribution < -0.4 is 0 Å². The Morgan fingerprint density at radius 3 is 2.31 bits per heavy atom. The van der Waals surface area contributed by atoms with Gasteiger partial charge in [-0.2, -0.15) is 0 Å². The Labute approximate surface area is 98.7 Å². The standard InChI is InChI=1S/C16H20/c1-15(2,14-10-6-4-7-11-14)16(3)12-8-5-9-13-16/h4-12H,13H2,1-3H3. The zero-order valence-corrected chi connectivity index (χ0v) is 10.4. The van der Waals surface area contributed by atoms with Crippen LogP contribution in [0.3, 0.4) is 0 Å². The van der Waals surface area contributed by atoms with E-state index in [0.717, 1.165) is 6.42 Å². The number of hydrogen-bond donors (Lipinski definition) is 0. The fraction of sp³-hybridized carbons (Fsp3) is 0.375. The molecule has 0 saturated heterocycles. The van der Waals surface area contributed by atoms with Crippen LogP contribution in [0.4, 0.5) is 0 Å². The lowest BCUT2D eigenvalue weighted by Gasteiger charge is -2.43. The summed E-state index contributed by atoms with van der Waals surface area (Å²) in [6.07, 6.45) is 10.0. The fourth-order valence-corrected chi connectivity index (χ4v) is 2.38. The van der Waals surface area contributed by atoms with Gasteiger partial charge in [0.2, 0.25) is 0 Å². The van der Waals surface area contributed by atoms with Crippen molar-refractivity contribution in [2.24, 2.45) is 5.41 Å². The summed E-state index contributed by atoms with van der Waals surface area (Å²) in [6, 6.07) is 10.8. The quantitative estimate of drug-likeness (QED) is 0.677. The third kappa shape index (κ3) is 1.73. The number of hydrogen-bond acceptors (Lipinski definition) is 0. The molecule has 0 N–H and O–H groups in total. The van der Waals surface area contributed by atoms with E-state index in [1.165, 1.54) is 5.56 Å². The van der Waals surface area contributed by atoms with Crippen molar-refractivity contribution in [3.8, 4) is 0 Å². The van der Waals surface area contributed by atoms with Crippen LogP contribution in [0.1, 0.15) is 32.8 Å². The van der Waals surface area contributed by atoms with E-state index >= 15 is 0 Å². The first-order valence-corrected chi connectivity index (χ1v) is 5.96. The van der Waals surface area contributed by atoms with E-state index in [2.05, 4.69) is 75.4 Å². The molecule has 1 aliphatic rings. The second-order valence-corrected chi connectivity index (χ2v) is 5.40. The molecule has 0 aliphatic heterocycles. The van der Waals surface area contributed by atoms with E-state index in [1.54, 1.807) is 0 Å². The minimum absolute atomic E-state index is 0.162. The molecule has 84 valence electrons. The highest BCUT2D eigenvalue weighted by Crippen LogP contribution is 2.46. The van der Waals surface area contributed by atoms with Gasteiger partial charge in [-0.3, -0.25) is 0 Å². The monoisotopic (exact) mass is 212 g/mol. The smallest absolute Gasteiger partial charge is 0.00122 e. The molecule has 2 rings (SSSR count). The third-order valence-corrected chi connectivity index (χ3v) is 4.18. The van der Waals surface area contributed by atoms with Crippen LogP contribution in [-0.2, 0) is 5.41 Å². The first kappa shape index (κ1) is 11.2. The molecular weight excluding hydrogens is 192 g/mol. The molecule has 0 fully saturated rings. The topological polar surface area (TPSA) is 0 Å². The molecule has 0 bridgehead atoms. The summed E-state index contributed by atoms with van der Waals surface area (Å²) >= 11 is 0. The van der Waals surface area contributed by atoms with Crippen LogP contribution in [0, 0.1) is 5.41 Å². The Balaban J connectivity index is 2.39. The number of allylic oxidation sites excluding steroid dienone is 4. The molecule has 0 spiro atoms. The van der Waals surface area contributed by atoms with Gasteiger partial charge in [0.05, 0.1) is 0 Å². The Morgan fingerprint density at radius 1 is 1.06 bits per heavy atom. The summed E-state index contributed by atoms with van der Waals surface area (Å²) in [7, 11) is 0. The second-order valence-electron chi connectivity index (χ2n) is 5.40. The van der Waals surface area contributed by atoms with Crippen molar-refractivity contribution in [1.82, 2.24) is 0 Å². The Bertz CT molecular complexity index is 409. The Kier molecular flexibility index (Phi) is 2.75. The van der Waals surface area contributed by atoms with Crippen molar-refractivity contribution in [2.75, 3.05) is 0 Å². The molecule has 0 nitrogen and oxygen atoms in total. The van der Waals surface area contributed by atoms with Crippen LogP contribution in [0.5, 0.6) is 0 Å². The molecule has 16 heavy (non-hydrogen) atoms. The zero-order chi connectivity index (χ0) is 11.6. The van der Waals surface area contributed by atoms with Gasteiger partial charge >= 0.3 is 0 Å². The number of benzene rings is 1. The van der Waals surface area contributed by atoms with Crippen LogP contribution in [0.2, 0.25) is 0 Å². The lowest BCUT2D eigenvalue weighted by Crippen LogP contribution is -2.37. The predicted octanol–water partition coefficient (Wildman–Crippen LogP) is 4.49. The zero-order valence-electron chi connectivity index (χ0n) is 10.4. The molecule has 1 unspecified atom stereocenters. The van der Waals surface area contributed by atoms with Crippen molar-refractivity contribution in [3.05, 3.63) is 60.2 Å². The first-order chi connectivity index (χ1) is 7.56. The van der Waals surface area contributed by atoms with Gasteiger partial charge in [-0.1, -0.05) is 75.4 Å². The maximum Gasteiger partial charge on any atom is -0.00122 e. The molecule has 0 saturated carbocycles. The fourth-order valence-electron chi connectivity index (χ4n) is 2.38. The molecule has 0 heteroatoms. The lowest BCUT2D eigenvalue weighted by atomic mass is 9.60. The highest BCUT2D eigenvalue weighted by molar-refractivity contribution is 5.32.